The largest absolute Gasteiger partial charge is 0.362 e. The van der Waals surface area contributed by atoms with Crippen LogP contribution in [0.25, 0.3) is 0 Å². The van der Waals surface area contributed by atoms with E-state index in [1.807, 2.05) is 0 Å². The van der Waals surface area contributed by atoms with Gasteiger partial charge in [0.15, 0.2) is 5.94 Å². The molecule has 4 nitrogen and oxygen atoms in total. The van der Waals surface area contributed by atoms with E-state index in [1.165, 1.54) is 0 Å². The highest BCUT2D eigenvalue weighted by Gasteiger charge is 2.19. The Balaban J connectivity index is 2.62. The smallest absolute Gasteiger partial charge is 0.236 e. The molecule has 1 heterocycles. The van der Waals surface area contributed by atoms with Gasteiger partial charge in [0, 0.05) is 6.04 Å². The Bertz CT molecular complexity index is 186. The summed E-state index contributed by atoms with van der Waals surface area (Å²) in [6.07, 6.45) is 0. The fourth-order valence-corrected chi connectivity index (χ4v) is 1.77. The van der Waals surface area contributed by atoms with Crippen molar-refractivity contribution in [2.75, 3.05) is 12.5 Å². The molecule has 0 aromatic rings. The lowest BCUT2D eigenvalue weighted by Crippen LogP contribution is -2.43. The molecule has 9 heavy (non-hydrogen) atoms. The average molecular weight is 151 g/mol. The lowest BCUT2D eigenvalue weighted by atomic mass is 10.4. The van der Waals surface area contributed by atoms with Crippen molar-refractivity contribution in [2.24, 2.45) is 0 Å². The lowest BCUT2D eigenvalue weighted by Gasteiger charge is -2.19. The van der Waals surface area contributed by atoms with Gasteiger partial charge in [-0.25, -0.2) is 13.1 Å². The number of hydrogen-bond donors (Lipinski definition) is 1. The van der Waals surface area contributed by atoms with Gasteiger partial charge in [-0.15, -0.1) is 0 Å². The first-order valence-corrected chi connectivity index (χ1v) is 4.33. The average Bonchev–Trinajstić information content (AvgIpc) is 1.60. The second-order valence-electron chi connectivity index (χ2n) is 2.12. The minimum atomic E-state index is -3.10. The predicted octanol–water partition coefficient (Wildman–Crippen LogP) is -0.718. The second-order valence-corrected chi connectivity index (χ2v) is 3.82. The van der Waals surface area contributed by atoms with Crippen molar-refractivity contribution >= 4 is 10.0 Å². The van der Waals surface area contributed by atoms with Crippen molar-refractivity contribution in [1.29, 1.82) is 0 Å². The molecule has 0 bridgehead atoms. The van der Waals surface area contributed by atoms with E-state index in [-0.39, 0.29) is 12.0 Å². The van der Waals surface area contributed by atoms with Crippen LogP contribution >= 0.6 is 0 Å². The van der Waals surface area contributed by atoms with E-state index in [2.05, 4.69) is 4.72 Å². The first kappa shape index (κ1) is 6.98. The molecule has 0 unspecified atom stereocenters. The molecule has 0 aromatic carbocycles. The van der Waals surface area contributed by atoms with Crippen molar-refractivity contribution in [3.05, 3.63) is 0 Å². The van der Waals surface area contributed by atoms with Gasteiger partial charge in [0.25, 0.3) is 0 Å². The third-order valence-electron chi connectivity index (χ3n) is 0.987. The van der Waals surface area contributed by atoms with Gasteiger partial charge < -0.3 is 4.74 Å². The Labute approximate surface area is 54.3 Å². The van der Waals surface area contributed by atoms with Crippen LogP contribution in [-0.2, 0) is 14.8 Å². The second kappa shape index (κ2) is 2.24. The van der Waals surface area contributed by atoms with Crippen molar-refractivity contribution in [2.45, 2.75) is 13.0 Å². The van der Waals surface area contributed by atoms with Crippen LogP contribution in [0.4, 0.5) is 0 Å². The lowest BCUT2D eigenvalue weighted by molar-refractivity contribution is 0.144. The summed E-state index contributed by atoms with van der Waals surface area (Å²) < 4.78 is 28.4. The summed E-state index contributed by atoms with van der Waals surface area (Å²) in [6, 6.07) is -0.0799. The van der Waals surface area contributed by atoms with E-state index in [0.29, 0.717) is 6.61 Å². The van der Waals surface area contributed by atoms with Crippen LogP contribution in [0, 0.1) is 0 Å². The standard InChI is InChI=1S/C4H9NO3S/c1-4-2-8-3-9(6,7)5-4/h4-5H,2-3H2,1H3/t4-/m1/s1. The molecule has 0 amide bonds. The van der Waals surface area contributed by atoms with Crippen molar-refractivity contribution in [3.63, 3.8) is 0 Å². The van der Waals surface area contributed by atoms with E-state index in [1.54, 1.807) is 6.92 Å². The zero-order chi connectivity index (χ0) is 6.91. The summed E-state index contributed by atoms with van der Waals surface area (Å²) in [5.74, 6) is -0.197. The molecule has 1 aliphatic rings. The van der Waals surface area contributed by atoms with Gasteiger partial charge in [-0.3, -0.25) is 0 Å². The van der Waals surface area contributed by atoms with Gasteiger partial charge in [0.05, 0.1) is 6.61 Å². The molecule has 54 valence electrons. The Hall–Kier alpha value is -0.130. The normalized spacial score (nSPS) is 34.1. The van der Waals surface area contributed by atoms with Crippen LogP contribution in [0.15, 0.2) is 0 Å². The van der Waals surface area contributed by atoms with Crippen molar-refractivity contribution in [1.82, 2.24) is 4.72 Å². The Morgan fingerprint density at radius 2 is 2.33 bits per heavy atom. The molecule has 5 heteroatoms. The highest BCUT2D eigenvalue weighted by Crippen LogP contribution is 1.98. The zero-order valence-electron chi connectivity index (χ0n) is 5.12. The van der Waals surface area contributed by atoms with Gasteiger partial charge in [0.2, 0.25) is 10.0 Å². The minimum absolute atomic E-state index is 0.0799. The Kier molecular flexibility index (Phi) is 1.74. The molecule has 0 aromatic heterocycles. The van der Waals surface area contributed by atoms with Gasteiger partial charge >= 0.3 is 0 Å². The monoisotopic (exact) mass is 151 g/mol. The van der Waals surface area contributed by atoms with Gasteiger partial charge in [-0.05, 0) is 6.92 Å². The van der Waals surface area contributed by atoms with E-state index >= 15 is 0 Å². The van der Waals surface area contributed by atoms with Crippen LogP contribution in [0.3, 0.4) is 0 Å². The first-order chi connectivity index (χ1) is 4.10. The van der Waals surface area contributed by atoms with Gasteiger partial charge in [-0.1, -0.05) is 0 Å². The minimum Gasteiger partial charge on any atom is -0.362 e. The van der Waals surface area contributed by atoms with E-state index in [9.17, 15) is 8.42 Å². The molecule has 1 fully saturated rings. The maximum Gasteiger partial charge on any atom is 0.236 e. The zero-order valence-corrected chi connectivity index (χ0v) is 5.94. The fourth-order valence-electron chi connectivity index (χ4n) is 0.709. The Morgan fingerprint density at radius 3 is 2.67 bits per heavy atom. The molecule has 0 spiro atoms. The number of rotatable bonds is 0. The molecule has 1 aliphatic heterocycles. The molecule has 0 radical (unpaired) electrons. The van der Waals surface area contributed by atoms with E-state index in [0.717, 1.165) is 0 Å². The van der Waals surface area contributed by atoms with Crippen LogP contribution in [0.2, 0.25) is 0 Å². The van der Waals surface area contributed by atoms with Crippen LogP contribution in [0.5, 0.6) is 0 Å². The SMILES string of the molecule is C[C@@H]1COCS(=O)(=O)N1. The summed E-state index contributed by atoms with van der Waals surface area (Å²) in [5.41, 5.74) is 0. The summed E-state index contributed by atoms with van der Waals surface area (Å²) >= 11 is 0. The molecular formula is C4H9NO3S. The molecule has 1 N–H and O–H groups in total. The molecule has 0 saturated carbocycles. The number of hydrogen-bond acceptors (Lipinski definition) is 3. The number of nitrogens with one attached hydrogen (secondary N) is 1. The maximum absolute atomic E-state index is 10.6. The van der Waals surface area contributed by atoms with Crippen LogP contribution < -0.4 is 4.72 Å². The summed E-state index contributed by atoms with van der Waals surface area (Å²) in [7, 11) is -3.10. The molecule has 1 atom stereocenters. The molecular weight excluding hydrogens is 142 g/mol. The molecule has 0 aliphatic carbocycles. The van der Waals surface area contributed by atoms with E-state index in [4.69, 9.17) is 4.74 Å². The van der Waals surface area contributed by atoms with Gasteiger partial charge in [0.1, 0.15) is 0 Å². The molecule has 1 rings (SSSR count). The third-order valence-corrected chi connectivity index (χ3v) is 2.23. The van der Waals surface area contributed by atoms with Crippen LogP contribution in [0.1, 0.15) is 6.92 Å². The summed E-state index contributed by atoms with van der Waals surface area (Å²) in [6.45, 7) is 2.23. The first-order valence-electron chi connectivity index (χ1n) is 2.68. The fraction of sp³-hybridized carbons (Fsp3) is 1.00. The summed E-state index contributed by atoms with van der Waals surface area (Å²) in [4.78, 5) is 0. The Morgan fingerprint density at radius 1 is 1.67 bits per heavy atom. The van der Waals surface area contributed by atoms with Crippen LogP contribution in [-0.4, -0.2) is 27.0 Å². The van der Waals surface area contributed by atoms with Gasteiger partial charge in [-0.2, -0.15) is 0 Å². The number of sulfonamides is 1. The number of ether oxygens (including phenoxy) is 1. The topological polar surface area (TPSA) is 55.4 Å². The van der Waals surface area contributed by atoms with E-state index < -0.39 is 10.0 Å². The summed E-state index contributed by atoms with van der Waals surface area (Å²) in [5, 5.41) is 0. The predicted molar refractivity (Wildman–Crippen MR) is 32.3 cm³/mol. The highest BCUT2D eigenvalue weighted by atomic mass is 32.2. The molecule has 1 saturated heterocycles. The maximum atomic E-state index is 10.6. The van der Waals surface area contributed by atoms with Crippen molar-refractivity contribution < 1.29 is 13.2 Å². The quantitative estimate of drug-likeness (QED) is 0.497. The third kappa shape index (κ3) is 1.92. The highest BCUT2D eigenvalue weighted by molar-refractivity contribution is 7.89. The van der Waals surface area contributed by atoms with Crippen molar-refractivity contribution in [3.8, 4) is 0 Å².